The first-order chi connectivity index (χ1) is 8.24. The number of nitrogens with one attached hydrogen (secondary N) is 1. The Morgan fingerprint density at radius 1 is 1.61 bits per heavy atom. The number of carboxylic acids is 1. The fourth-order valence-electron chi connectivity index (χ4n) is 1.19. The zero-order valence-electron chi connectivity index (χ0n) is 10.4. The van der Waals surface area contributed by atoms with Crippen LogP contribution < -0.4 is 5.32 Å². The highest BCUT2D eigenvalue weighted by Gasteiger charge is 2.27. The van der Waals surface area contributed by atoms with E-state index in [2.05, 4.69) is 10.3 Å². The summed E-state index contributed by atoms with van der Waals surface area (Å²) in [6.07, 6.45) is 1.38. The van der Waals surface area contributed by atoms with Crippen LogP contribution in [0.2, 0.25) is 0 Å². The quantitative estimate of drug-likeness (QED) is 0.612. The first-order valence-corrected chi connectivity index (χ1v) is 5.32. The van der Waals surface area contributed by atoms with Crippen molar-refractivity contribution in [2.24, 2.45) is 5.41 Å². The second-order valence-corrected chi connectivity index (χ2v) is 4.66. The Balaban J connectivity index is 2.84. The van der Waals surface area contributed by atoms with E-state index < -0.39 is 16.3 Å². The van der Waals surface area contributed by atoms with Crippen molar-refractivity contribution in [1.82, 2.24) is 4.98 Å². The van der Waals surface area contributed by atoms with Gasteiger partial charge in [0.05, 0.1) is 16.4 Å². The normalized spacial score (nSPS) is 11.1. The lowest BCUT2D eigenvalue weighted by Crippen LogP contribution is -2.32. The molecule has 0 aliphatic rings. The van der Waals surface area contributed by atoms with E-state index >= 15 is 0 Å². The van der Waals surface area contributed by atoms with Gasteiger partial charge in [0.1, 0.15) is 5.82 Å². The summed E-state index contributed by atoms with van der Waals surface area (Å²) >= 11 is 0. The third-order valence-electron chi connectivity index (χ3n) is 2.56. The van der Waals surface area contributed by atoms with Gasteiger partial charge in [-0.1, -0.05) is 0 Å². The number of carboxylic acid groups (broad SMARTS) is 1. The van der Waals surface area contributed by atoms with E-state index in [1.165, 1.54) is 12.3 Å². The lowest BCUT2D eigenvalue weighted by molar-refractivity contribution is -0.385. The smallest absolute Gasteiger partial charge is 0.310 e. The zero-order chi connectivity index (χ0) is 13.9. The summed E-state index contributed by atoms with van der Waals surface area (Å²) in [5.74, 6) is -0.654. The molecular weight excluding hydrogens is 238 g/mol. The molecule has 98 valence electrons. The molecular formula is C11H15N3O4. The molecule has 0 saturated carbocycles. The Bertz CT molecular complexity index is 485. The molecule has 0 aliphatic heterocycles. The Labute approximate surface area is 104 Å². The van der Waals surface area contributed by atoms with Crippen LogP contribution in [0.25, 0.3) is 0 Å². The number of aryl methyl sites for hydroxylation is 1. The van der Waals surface area contributed by atoms with E-state index in [-0.39, 0.29) is 12.2 Å². The van der Waals surface area contributed by atoms with Gasteiger partial charge in [-0.2, -0.15) is 0 Å². The number of nitro groups is 1. The summed E-state index contributed by atoms with van der Waals surface area (Å²) in [7, 11) is 0. The number of aliphatic carboxylic acids is 1. The molecule has 0 atom stereocenters. The van der Waals surface area contributed by atoms with Crippen molar-refractivity contribution in [3.63, 3.8) is 0 Å². The van der Waals surface area contributed by atoms with Gasteiger partial charge in [0.2, 0.25) is 0 Å². The van der Waals surface area contributed by atoms with Crippen LogP contribution in [-0.2, 0) is 4.79 Å². The molecule has 1 heterocycles. The van der Waals surface area contributed by atoms with Gasteiger partial charge >= 0.3 is 5.97 Å². The summed E-state index contributed by atoms with van der Waals surface area (Å²) in [6, 6.07) is 1.30. The summed E-state index contributed by atoms with van der Waals surface area (Å²) in [5.41, 5.74) is -0.551. The van der Waals surface area contributed by atoms with E-state index in [1.807, 2.05) is 0 Å². The Morgan fingerprint density at radius 2 is 2.22 bits per heavy atom. The number of rotatable bonds is 5. The van der Waals surface area contributed by atoms with Gasteiger partial charge in [0.15, 0.2) is 0 Å². The maximum Gasteiger partial charge on any atom is 0.310 e. The Hall–Kier alpha value is -2.18. The van der Waals surface area contributed by atoms with E-state index in [4.69, 9.17) is 5.11 Å². The van der Waals surface area contributed by atoms with E-state index in [1.54, 1.807) is 20.8 Å². The minimum absolute atomic E-state index is 0.0411. The van der Waals surface area contributed by atoms with Crippen molar-refractivity contribution >= 4 is 17.5 Å². The van der Waals surface area contributed by atoms with Crippen LogP contribution in [0.3, 0.4) is 0 Å². The number of anilines is 1. The first-order valence-electron chi connectivity index (χ1n) is 5.32. The molecule has 0 spiro atoms. The molecule has 7 heteroatoms. The summed E-state index contributed by atoms with van der Waals surface area (Å²) in [6.45, 7) is 4.85. The number of hydrogen-bond donors (Lipinski definition) is 2. The van der Waals surface area contributed by atoms with Crippen LogP contribution in [0.1, 0.15) is 19.4 Å². The highest BCUT2D eigenvalue weighted by Crippen LogP contribution is 2.21. The second-order valence-electron chi connectivity index (χ2n) is 4.66. The fraction of sp³-hybridized carbons (Fsp3) is 0.455. The topological polar surface area (TPSA) is 105 Å². The monoisotopic (exact) mass is 253 g/mol. The van der Waals surface area contributed by atoms with Crippen LogP contribution in [0.4, 0.5) is 11.5 Å². The molecule has 0 bridgehead atoms. The largest absolute Gasteiger partial charge is 0.481 e. The van der Waals surface area contributed by atoms with Crippen LogP contribution in [0, 0.1) is 22.5 Å². The number of pyridine rings is 1. The van der Waals surface area contributed by atoms with Gasteiger partial charge in [-0.15, -0.1) is 0 Å². The van der Waals surface area contributed by atoms with E-state index in [0.29, 0.717) is 11.4 Å². The Morgan fingerprint density at radius 3 is 2.72 bits per heavy atom. The van der Waals surface area contributed by atoms with E-state index in [0.717, 1.165) is 0 Å². The molecule has 0 amide bonds. The highest BCUT2D eigenvalue weighted by atomic mass is 16.6. The number of carbonyl (C=O) groups is 1. The summed E-state index contributed by atoms with van der Waals surface area (Å²) in [4.78, 5) is 25.1. The summed E-state index contributed by atoms with van der Waals surface area (Å²) < 4.78 is 0. The summed E-state index contributed by atoms with van der Waals surface area (Å²) in [5, 5.41) is 22.5. The first kappa shape index (κ1) is 13.9. The van der Waals surface area contributed by atoms with Crippen molar-refractivity contribution < 1.29 is 14.8 Å². The second kappa shape index (κ2) is 4.99. The third kappa shape index (κ3) is 3.16. The van der Waals surface area contributed by atoms with E-state index in [9.17, 15) is 14.9 Å². The fourth-order valence-corrected chi connectivity index (χ4v) is 1.19. The number of nitrogens with zero attached hydrogens (tertiary/aromatic N) is 2. The standard InChI is InChI=1S/C11H15N3O4/c1-7-5-12-9(4-8(7)14(17)18)13-6-11(2,3)10(15)16/h4-5H,6H2,1-3H3,(H,12,13)(H,15,16). The van der Waals surface area contributed by atoms with Gasteiger partial charge in [-0.05, 0) is 20.8 Å². The van der Waals surface area contributed by atoms with Crippen molar-refractivity contribution in [3.8, 4) is 0 Å². The molecule has 0 aliphatic carbocycles. The molecule has 7 nitrogen and oxygen atoms in total. The molecule has 1 rings (SSSR count). The molecule has 0 saturated heterocycles. The van der Waals surface area contributed by atoms with Gasteiger partial charge < -0.3 is 10.4 Å². The highest BCUT2D eigenvalue weighted by molar-refractivity contribution is 5.74. The maximum atomic E-state index is 10.9. The number of hydrogen-bond acceptors (Lipinski definition) is 5. The van der Waals surface area contributed by atoms with Gasteiger partial charge in [-0.3, -0.25) is 14.9 Å². The van der Waals surface area contributed by atoms with Gasteiger partial charge in [0.25, 0.3) is 5.69 Å². The van der Waals surface area contributed by atoms with Gasteiger partial charge in [-0.25, -0.2) is 4.98 Å². The average molecular weight is 253 g/mol. The van der Waals surface area contributed by atoms with Crippen LogP contribution >= 0.6 is 0 Å². The van der Waals surface area contributed by atoms with Crippen molar-refractivity contribution in [2.45, 2.75) is 20.8 Å². The molecule has 1 aromatic rings. The molecule has 2 N–H and O–H groups in total. The van der Waals surface area contributed by atoms with Crippen molar-refractivity contribution in [2.75, 3.05) is 11.9 Å². The minimum atomic E-state index is -0.971. The maximum absolute atomic E-state index is 10.9. The predicted molar refractivity (Wildman–Crippen MR) is 65.5 cm³/mol. The molecule has 0 fully saturated rings. The molecule has 0 radical (unpaired) electrons. The molecule has 18 heavy (non-hydrogen) atoms. The van der Waals surface area contributed by atoms with Gasteiger partial charge in [0, 0.05) is 18.3 Å². The molecule has 0 aromatic carbocycles. The third-order valence-corrected chi connectivity index (χ3v) is 2.56. The molecule has 0 unspecified atom stereocenters. The molecule has 1 aromatic heterocycles. The van der Waals surface area contributed by atoms with Crippen molar-refractivity contribution in [1.29, 1.82) is 0 Å². The predicted octanol–water partition coefficient (Wildman–Crippen LogP) is 1.82. The Kier molecular flexibility index (Phi) is 3.85. The average Bonchev–Trinajstić information content (AvgIpc) is 2.27. The van der Waals surface area contributed by atoms with Crippen LogP contribution in [-0.4, -0.2) is 27.5 Å². The zero-order valence-corrected chi connectivity index (χ0v) is 10.4. The van der Waals surface area contributed by atoms with Crippen molar-refractivity contribution in [3.05, 3.63) is 27.9 Å². The SMILES string of the molecule is Cc1cnc(NCC(C)(C)C(=O)O)cc1[N+](=O)[O-]. The lowest BCUT2D eigenvalue weighted by Gasteiger charge is -2.19. The number of aromatic nitrogens is 1. The van der Waals surface area contributed by atoms with Crippen LogP contribution in [0.15, 0.2) is 12.3 Å². The minimum Gasteiger partial charge on any atom is -0.481 e. The lowest BCUT2D eigenvalue weighted by atomic mass is 9.94. The van der Waals surface area contributed by atoms with Crippen LogP contribution in [0.5, 0.6) is 0 Å².